The van der Waals surface area contributed by atoms with Crippen LogP contribution in [0.1, 0.15) is 29.8 Å². The molecule has 0 bridgehead atoms. The van der Waals surface area contributed by atoms with Crippen molar-refractivity contribution >= 4 is 11.9 Å². The molecule has 0 aromatic heterocycles. The number of rotatable bonds is 18. The van der Waals surface area contributed by atoms with Crippen molar-refractivity contribution in [2.24, 2.45) is 0 Å². The number of hydrogen-bond acceptors (Lipinski definition) is 10. The van der Waals surface area contributed by atoms with Gasteiger partial charge in [-0.2, -0.15) is 0 Å². The summed E-state index contributed by atoms with van der Waals surface area (Å²) in [7, 11) is 0. The van der Waals surface area contributed by atoms with E-state index in [1.165, 1.54) is 19.1 Å². The van der Waals surface area contributed by atoms with Gasteiger partial charge in [-0.1, -0.05) is 30.9 Å². The van der Waals surface area contributed by atoms with Gasteiger partial charge in [-0.15, -0.1) is 0 Å². The van der Waals surface area contributed by atoms with Crippen LogP contribution in [0.3, 0.4) is 0 Å². The Morgan fingerprint density at radius 1 is 0.769 bits per heavy atom. The second-order valence-corrected chi connectivity index (χ2v) is 8.85. The molecule has 39 heavy (non-hydrogen) atoms. The molecule has 0 aliphatic rings. The van der Waals surface area contributed by atoms with Crippen molar-refractivity contribution in [3.8, 4) is 11.5 Å². The first-order valence-electron chi connectivity index (χ1n) is 12.2. The number of ether oxygens (including phenoxy) is 6. The molecule has 10 heteroatoms. The summed E-state index contributed by atoms with van der Waals surface area (Å²) in [6.07, 6.45) is -1.86. The van der Waals surface area contributed by atoms with E-state index in [9.17, 15) is 19.8 Å². The molecular weight excluding hydrogens is 508 g/mol. The lowest BCUT2D eigenvalue weighted by atomic mass is 10.2. The van der Waals surface area contributed by atoms with E-state index in [2.05, 4.69) is 13.2 Å². The maximum absolute atomic E-state index is 12.1. The van der Waals surface area contributed by atoms with Gasteiger partial charge in [0.1, 0.15) is 36.9 Å². The molecule has 0 fully saturated rings. The van der Waals surface area contributed by atoms with Gasteiger partial charge in [0.25, 0.3) is 0 Å². The van der Waals surface area contributed by atoms with Crippen molar-refractivity contribution < 1.29 is 48.2 Å². The average molecular weight is 545 g/mol. The fourth-order valence-corrected chi connectivity index (χ4v) is 2.86. The Kier molecular flexibility index (Phi) is 13.7. The Morgan fingerprint density at radius 2 is 1.31 bits per heavy atom. The highest BCUT2D eigenvalue weighted by atomic mass is 16.7. The number of carbonyl (C=O) groups is 2. The van der Waals surface area contributed by atoms with E-state index in [0.717, 1.165) is 11.1 Å². The third-order valence-corrected chi connectivity index (χ3v) is 4.86. The fourth-order valence-electron chi connectivity index (χ4n) is 2.86. The molecule has 0 heterocycles. The molecule has 2 N–H and O–H groups in total. The van der Waals surface area contributed by atoms with Crippen LogP contribution in [0.2, 0.25) is 0 Å². The van der Waals surface area contributed by atoms with Crippen molar-refractivity contribution in [2.75, 3.05) is 39.8 Å². The van der Waals surface area contributed by atoms with E-state index in [-0.39, 0.29) is 44.4 Å². The van der Waals surface area contributed by atoms with E-state index in [4.69, 9.17) is 28.4 Å². The molecule has 2 rings (SSSR count). The highest BCUT2D eigenvalue weighted by Crippen LogP contribution is 2.16. The predicted octanol–water partition coefficient (Wildman–Crippen LogP) is 3.21. The molecule has 212 valence electrons. The van der Waals surface area contributed by atoms with Gasteiger partial charge in [0, 0.05) is 5.57 Å². The molecule has 0 saturated heterocycles. The number of benzene rings is 2. The van der Waals surface area contributed by atoms with Gasteiger partial charge in [-0.05, 0) is 55.8 Å². The Labute approximate surface area is 228 Å². The summed E-state index contributed by atoms with van der Waals surface area (Å²) >= 11 is 0. The first kappa shape index (κ1) is 31.5. The van der Waals surface area contributed by atoms with E-state index >= 15 is 0 Å². The fraction of sp³-hybridized carbons (Fsp3) is 0.379. The smallest absolute Gasteiger partial charge is 0.338 e. The highest BCUT2D eigenvalue weighted by Gasteiger charge is 2.14. The first-order valence-corrected chi connectivity index (χ1v) is 12.2. The number of esters is 2. The van der Waals surface area contributed by atoms with Crippen LogP contribution >= 0.6 is 0 Å². The molecule has 2 aromatic carbocycles. The van der Waals surface area contributed by atoms with Crippen molar-refractivity contribution in [3.05, 3.63) is 84.0 Å². The summed E-state index contributed by atoms with van der Waals surface area (Å²) in [5.74, 6) is -0.192. The number of aliphatic hydroxyl groups is 2. The quantitative estimate of drug-likeness (QED) is 0.125. The number of hydrogen-bond donors (Lipinski definition) is 2. The Balaban J connectivity index is 1.65. The number of carbonyl (C=O) groups excluding carboxylic acids is 2. The molecule has 0 radical (unpaired) electrons. The van der Waals surface area contributed by atoms with Crippen LogP contribution in [0.15, 0.2) is 72.8 Å². The monoisotopic (exact) mass is 544 g/mol. The van der Waals surface area contributed by atoms with Crippen LogP contribution in [-0.4, -0.2) is 74.2 Å². The summed E-state index contributed by atoms with van der Waals surface area (Å²) in [4.78, 5) is 23.5. The lowest BCUT2D eigenvalue weighted by Crippen LogP contribution is -2.25. The molecule has 0 spiro atoms. The van der Waals surface area contributed by atoms with Crippen molar-refractivity contribution in [1.29, 1.82) is 0 Å². The zero-order valence-corrected chi connectivity index (χ0v) is 22.3. The molecule has 2 atom stereocenters. The summed E-state index contributed by atoms with van der Waals surface area (Å²) in [6.45, 7) is 10.9. The topological polar surface area (TPSA) is 130 Å². The van der Waals surface area contributed by atoms with Crippen LogP contribution < -0.4 is 9.47 Å². The van der Waals surface area contributed by atoms with E-state index in [0.29, 0.717) is 24.7 Å². The molecule has 2 aromatic rings. The van der Waals surface area contributed by atoms with Gasteiger partial charge in [0.2, 0.25) is 6.79 Å². The minimum Gasteiger partial charge on any atom is -0.459 e. The Hall–Kier alpha value is -3.70. The molecule has 2 unspecified atom stereocenters. The van der Waals surface area contributed by atoms with Gasteiger partial charge in [-0.25, -0.2) is 9.59 Å². The maximum atomic E-state index is 12.1. The minimum atomic E-state index is -1.15. The van der Waals surface area contributed by atoms with Crippen LogP contribution in [0.4, 0.5) is 0 Å². The van der Waals surface area contributed by atoms with Gasteiger partial charge in [0.05, 0.1) is 32.0 Å². The van der Waals surface area contributed by atoms with Crippen molar-refractivity contribution in [2.45, 2.75) is 32.7 Å². The molecular formula is C29H36O10. The zero-order chi connectivity index (χ0) is 28.6. The van der Waals surface area contributed by atoms with Crippen LogP contribution in [0.5, 0.6) is 11.5 Å². The summed E-state index contributed by atoms with van der Waals surface area (Å²) in [6, 6.07) is 13.5. The van der Waals surface area contributed by atoms with Crippen molar-refractivity contribution in [3.63, 3.8) is 0 Å². The summed E-state index contributed by atoms with van der Waals surface area (Å²) < 4.78 is 31.8. The first-order chi connectivity index (χ1) is 18.6. The second-order valence-electron chi connectivity index (χ2n) is 8.85. The van der Waals surface area contributed by atoms with E-state index < -0.39 is 24.1 Å². The minimum absolute atomic E-state index is 0.0505. The van der Waals surface area contributed by atoms with Crippen molar-refractivity contribution in [1.82, 2.24) is 0 Å². The summed E-state index contributed by atoms with van der Waals surface area (Å²) in [5, 5.41) is 19.6. The average Bonchev–Trinajstić information content (AvgIpc) is 2.91. The molecule has 0 aliphatic heterocycles. The van der Waals surface area contributed by atoms with Crippen LogP contribution in [0.25, 0.3) is 0 Å². The SMILES string of the molecule is C=C(C)COCC(O)COCc1ccc(OCOc2ccc(C(=O)OCC(O)COC(=O)C(=C)C)cc2)cc1. The second kappa shape index (κ2) is 17.0. The van der Waals surface area contributed by atoms with Gasteiger partial charge >= 0.3 is 11.9 Å². The normalized spacial score (nSPS) is 12.2. The Bertz CT molecular complexity index is 1060. The van der Waals surface area contributed by atoms with Crippen LogP contribution in [-0.2, 0) is 30.3 Å². The third-order valence-electron chi connectivity index (χ3n) is 4.86. The predicted molar refractivity (Wildman–Crippen MR) is 142 cm³/mol. The lowest BCUT2D eigenvalue weighted by molar-refractivity contribution is -0.142. The van der Waals surface area contributed by atoms with E-state index in [1.807, 2.05) is 19.1 Å². The lowest BCUT2D eigenvalue weighted by Gasteiger charge is -2.13. The number of aliphatic hydroxyl groups excluding tert-OH is 2. The van der Waals surface area contributed by atoms with Crippen LogP contribution in [0, 0.1) is 0 Å². The Morgan fingerprint density at radius 3 is 1.90 bits per heavy atom. The van der Waals surface area contributed by atoms with E-state index in [1.54, 1.807) is 24.3 Å². The molecule has 10 nitrogen and oxygen atoms in total. The molecule has 0 aliphatic carbocycles. The largest absolute Gasteiger partial charge is 0.459 e. The zero-order valence-electron chi connectivity index (χ0n) is 22.3. The highest BCUT2D eigenvalue weighted by molar-refractivity contribution is 5.89. The third kappa shape index (κ3) is 13.1. The molecule has 0 amide bonds. The van der Waals surface area contributed by atoms with Gasteiger partial charge < -0.3 is 38.6 Å². The standard InChI is InChI=1S/C29H36O10/c1-20(2)13-34-15-24(30)16-35-14-22-5-9-26(10-6-22)38-19-39-27-11-7-23(8-12-27)29(33)37-18-25(31)17-36-28(32)21(3)4/h5-12,24-25,30-31H,1,3,13-19H2,2,4H3. The maximum Gasteiger partial charge on any atom is 0.338 e. The summed E-state index contributed by atoms with van der Waals surface area (Å²) in [5.41, 5.74) is 2.28. The van der Waals surface area contributed by atoms with Gasteiger partial charge in [0.15, 0.2) is 0 Å². The van der Waals surface area contributed by atoms with Gasteiger partial charge in [-0.3, -0.25) is 0 Å². The molecule has 0 saturated carbocycles.